The quantitative estimate of drug-likeness (QED) is 0.790. The molecule has 0 aliphatic carbocycles. The Labute approximate surface area is 134 Å². The molecule has 1 aliphatic heterocycles. The van der Waals surface area contributed by atoms with Crippen molar-refractivity contribution in [2.45, 2.75) is 20.4 Å². The molecule has 6 nitrogen and oxygen atoms in total. The monoisotopic (exact) mass is 317 g/mol. The standard InChI is InChI=1S/C17H19NO5/c1-17(2)12(14(19)22-3)13(15(20)23-4)18(16(17)21)10-11-8-6-5-7-9-11/h5-9H,10H2,1-4H3. The third kappa shape index (κ3) is 2.84. The highest BCUT2D eigenvalue weighted by Gasteiger charge is 2.52. The maximum Gasteiger partial charge on any atom is 0.355 e. The molecule has 1 aliphatic rings. The van der Waals surface area contributed by atoms with Gasteiger partial charge in [-0.3, -0.25) is 4.79 Å². The number of methoxy groups -OCH3 is 2. The van der Waals surface area contributed by atoms with Crippen LogP contribution in [0.5, 0.6) is 0 Å². The molecular formula is C17H19NO5. The second kappa shape index (κ2) is 6.24. The molecule has 0 atom stereocenters. The topological polar surface area (TPSA) is 72.9 Å². The number of hydrogen-bond donors (Lipinski definition) is 0. The molecule has 0 aromatic heterocycles. The summed E-state index contributed by atoms with van der Waals surface area (Å²) in [5.41, 5.74) is -0.360. The first-order valence-corrected chi connectivity index (χ1v) is 7.11. The number of carbonyl (C=O) groups excluding carboxylic acids is 3. The van der Waals surface area contributed by atoms with Crippen molar-refractivity contribution in [3.63, 3.8) is 0 Å². The maximum absolute atomic E-state index is 12.8. The first kappa shape index (κ1) is 16.7. The highest BCUT2D eigenvalue weighted by atomic mass is 16.5. The van der Waals surface area contributed by atoms with Crippen LogP contribution < -0.4 is 0 Å². The van der Waals surface area contributed by atoms with E-state index in [1.807, 2.05) is 30.3 Å². The van der Waals surface area contributed by atoms with Crippen molar-refractivity contribution in [2.75, 3.05) is 14.2 Å². The third-order valence-corrected chi connectivity index (χ3v) is 3.86. The van der Waals surface area contributed by atoms with E-state index >= 15 is 0 Å². The van der Waals surface area contributed by atoms with E-state index in [2.05, 4.69) is 0 Å². The van der Waals surface area contributed by atoms with E-state index in [1.165, 1.54) is 19.1 Å². The van der Waals surface area contributed by atoms with Gasteiger partial charge in [-0.1, -0.05) is 30.3 Å². The summed E-state index contributed by atoms with van der Waals surface area (Å²) in [5.74, 6) is -1.79. The molecule has 0 bridgehead atoms. The molecule has 1 aromatic carbocycles. The van der Waals surface area contributed by atoms with E-state index in [4.69, 9.17) is 9.47 Å². The molecule has 0 unspecified atom stereocenters. The molecule has 23 heavy (non-hydrogen) atoms. The van der Waals surface area contributed by atoms with Gasteiger partial charge < -0.3 is 14.4 Å². The lowest BCUT2D eigenvalue weighted by atomic mass is 9.85. The Kier molecular flexibility index (Phi) is 4.54. The van der Waals surface area contributed by atoms with Crippen LogP contribution in [-0.4, -0.2) is 37.0 Å². The van der Waals surface area contributed by atoms with Gasteiger partial charge in [0.2, 0.25) is 5.91 Å². The molecule has 6 heteroatoms. The molecule has 0 spiro atoms. The lowest BCUT2D eigenvalue weighted by Gasteiger charge is -2.22. The van der Waals surface area contributed by atoms with Crippen LogP contribution in [0, 0.1) is 5.41 Å². The van der Waals surface area contributed by atoms with Crippen molar-refractivity contribution in [1.29, 1.82) is 0 Å². The summed E-state index contributed by atoms with van der Waals surface area (Å²) in [4.78, 5) is 38.4. The highest BCUT2D eigenvalue weighted by molar-refractivity contribution is 6.12. The van der Waals surface area contributed by atoms with Crippen molar-refractivity contribution in [1.82, 2.24) is 4.90 Å². The van der Waals surface area contributed by atoms with Crippen LogP contribution in [0.25, 0.3) is 0 Å². The van der Waals surface area contributed by atoms with Gasteiger partial charge >= 0.3 is 11.9 Å². The van der Waals surface area contributed by atoms with E-state index in [-0.39, 0.29) is 23.7 Å². The smallest absolute Gasteiger partial charge is 0.355 e. The summed E-state index contributed by atoms with van der Waals surface area (Å²) >= 11 is 0. The van der Waals surface area contributed by atoms with Gasteiger partial charge in [-0.15, -0.1) is 0 Å². The van der Waals surface area contributed by atoms with Gasteiger partial charge in [0.1, 0.15) is 5.70 Å². The lowest BCUT2D eigenvalue weighted by molar-refractivity contribution is -0.142. The van der Waals surface area contributed by atoms with Gasteiger partial charge in [-0.2, -0.15) is 0 Å². The molecule has 0 radical (unpaired) electrons. The average Bonchev–Trinajstić information content (AvgIpc) is 2.75. The van der Waals surface area contributed by atoms with Crippen LogP contribution in [0.1, 0.15) is 19.4 Å². The van der Waals surface area contributed by atoms with E-state index in [0.717, 1.165) is 5.56 Å². The van der Waals surface area contributed by atoms with E-state index in [9.17, 15) is 14.4 Å². The largest absolute Gasteiger partial charge is 0.466 e. The number of rotatable bonds is 4. The Hall–Kier alpha value is -2.63. The van der Waals surface area contributed by atoms with Crippen molar-refractivity contribution in [3.05, 3.63) is 47.2 Å². The second-order valence-corrected chi connectivity index (χ2v) is 5.71. The Morgan fingerprint density at radius 1 is 1.04 bits per heavy atom. The fourth-order valence-corrected chi connectivity index (χ4v) is 2.66. The minimum absolute atomic E-state index is 0.0211. The Morgan fingerprint density at radius 2 is 1.61 bits per heavy atom. The summed E-state index contributed by atoms with van der Waals surface area (Å²) in [6.45, 7) is 3.36. The van der Waals surface area contributed by atoms with Gasteiger partial charge in [0.05, 0.1) is 31.8 Å². The van der Waals surface area contributed by atoms with E-state index < -0.39 is 17.4 Å². The number of ether oxygens (including phenoxy) is 2. The van der Waals surface area contributed by atoms with Gasteiger partial charge in [-0.05, 0) is 19.4 Å². The van der Waals surface area contributed by atoms with Crippen LogP contribution in [0.15, 0.2) is 41.6 Å². The number of hydrogen-bond acceptors (Lipinski definition) is 5. The Morgan fingerprint density at radius 3 is 2.13 bits per heavy atom. The zero-order chi connectivity index (χ0) is 17.2. The van der Waals surface area contributed by atoms with Crippen molar-refractivity contribution in [3.8, 4) is 0 Å². The first-order valence-electron chi connectivity index (χ1n) is 7.11. The first-order chi connectivity index (χ1) is 10.8. The number of amides is 1. The van der Waals surface area contributed by atoms with Crippen LogP contribution in [0.2, 0.25) is 0 Å². The van der Waals surface area contributed by atoms with Crippen molar-refractivity contribution < 1.29 is 23.9 Å². The molecule has 122 valence electrons. The van der Waals surface area contributed by atoms with Crippen molar-refractivity contribution in [2.24, 2.45) is 5.41 Å². The predicted octanol–water partition coefficient (Wildman–Crippen LogP) is 1.66. The molecule has 0 N–H and O–H groups in total. The van der Waals surface area contributed by atoms with Gasteiger partial charge in [0.25, 0.3) is 0 Å². The van der Waals surface area contributed by atoms with Gasteiger partial charge in [0, 0.05) is 0 Å². The molecule has 0 fully saturated rings. The van der Waals surface area contributed by atoms with E-state index in [1.54, 1.807) is 13.8 Å². The van der Waals surface area contributed by atoms with Gasteiger partial charge in [-0.25, -0.2) is 9.59 Å². The van der Waals surface area contributed by atoms with Crippen molar-refractivity contribution >= 4 is 17.8 Å². The zero-order valence-electron chi connectivity index (χ0n) is 13.6. The number of benzene rings is 1. The number of nitrogens with zero attached hydrogens (tertiary/aromatic N) is 1. The van der Waals surface area contributed by atoms with Crippen LogP contribution in [0.3, 0.4) is 0 Å². The molecule has 1 amide bonds. The number of esters is 2. The summed E-state index contributed by atoms with van der Waals surface area (Å²) in [6.07, 6.45) is 0. The fourth-order valence-electron chi connectivity index (χ4n) is 2.66. The van der Waals surface area contributed by atoms with Gasteiger partial charge in [0.15, 0.2) is 0 Å². The molecule has 0 saturated heterocycles. The second-order valence-electron chi connectivity index (χ2n) is 5.71. The predicted molar refractivity (Wildman–Crippen MR) is 81.8 cm³/mol. The van der Waals surface area contributed by atoms with E-state index in [0.29, 0.717) is 0 Å². The minimum Gasteiger partial charge on any atom is -0.466 e. The SMILES string of the molecule is COC(=O)C1=C(C(=O)OC)C(C)(C)C(=O)N1Cc1ccccc1. The molecule has 1 aromatic rings. The Balaban J connectivity index is 2.55. The van der Waals surface area contributed by atoms with Crippen LogP contribution >= 0.6 is 0 Å². The summed E-state index contributed by atoms with van der Waals surface area (Å²) in [5, 5.41) is 0. The number of carbonyl (C=O) groups is 3. The third-order valence-electron chi connectivity index (χ3n) is 3.86. The summed E-state index contributed by atoms with van der Waals surface area (Å²) in [6, 6.07) is 9.21. The molecule has 2 rings (SSSR count). The zero-order valence-corrected chi connectivity index (χ0v) is 13.6. The van der Waals surface area contributed by atoms with Crippen LogP contribution in [0.4, 0.5) is 0 Å². The molecule has 1 heterocycles. The fraction of sp³-hybridized carbons (Fsp3) is 0.353. The Bertz CT molecular complexity index is 675. The minimum atomic E-state index is -1.16. The highest BCUT2D eigenvalue weighted by Crippen LogP contribution is 2.41. The molecule has 0 saturated carbocycles. The molecular weight excluding hydrogens is 298 g/mol. The summed E-state index contributed by atoms with van der Waals surface area (Å²) < 4.78 is 9.53. The van der Waals surface area contributed by atoms with Crippen LogP contribution in [-0.2, 0) is 30.4 Å². The normalized spacial score (nSPS) is 16.5. The average molecular weight is 317 g/mol. The maximum atomic E-state index is 12.8. The lowest BCUT2D eigenvalue weighted by Crippen LogP contribution is -2.35. The summed E-state index contributed by atoms with van der Waals surface area (Å²) in [7, 11) is 2.42.